The predicted molar refractivity (Wildman–Crippen MR) is 93.2 cm³/mol. The third-order valence-electron chi connectivity index (χ3n) is 5.86. The Bertz CT molecular complexity index is 761. The van der Waals surface area contributed by atoms with Crippen LogP contribution in [-0.4, -0.2) is 26.1 Å². The average Bonchev–Trinajstić information content (AvgIpc) is 3.27. The molecule has 126 valence electrons. The molecule has 1 saturated heterocycles. The number of fused-ring (bicyclic) bond motifs is 1. The monoisotopic (exact) mass is 323 g/mol. The Balaban J connectivity index is 1.49. The summed E-state index contributed by atoms with van der Waals surface area (Å²) in [4.78, 5) is 16.9. The maximum absolute atomic E-state index is 5.06. The molecule has 2 aliphatic carbocycles. The normalized spacial score (nSPS) is 23.5. The fourth-order valence-corrected chi connectivity index (χ4v) is 4.38. The predicted octanol–water partition coefficient (Wildman–Crippen LogP) is 3.31. The lowest BCUT2D eigenvalue weighted by Gasteiger charge is -2.25. The molecule has 2 aromatic rings. The van der Waals surface area contributed by atoms with Crippen LogP contribution in [0, 0.1) is 0 Å². The van der Waals surface area contributed by atoms with Gasteiger partial charge in [0, 0.05) is 31.4 Å². The molecule has 1 aliphatic heterocycles. The largest absolute Gasteiger partial charge is 0.346 e. The number of anilines is 1. The fourth-order valence-electron chi connectivity index (χ4n) is 4.38. The molecule has 24 heavy (non-hydrogen) atoms. The molecule has 0 spiro atoms. The molecule has 2 aromatic heterocycles. The van der Waals surface area contributed by atoms with E-state index in [0.717, 1.165) is 24.6 Å². The highest BCUT2D eigenvalue weighted by Crippen LogP contribution is 2.40. The van der Waals surface area contributed by atoms with E-state index in [1.807, 2.05) is 6.20 Å². The molecule has 1 saturated carbocycles. The van der Waals surface area contributed by atoms with E-state index in [9.17, 15) is 0 Å². The van der Waals surface area contributed by atoms with Gasteiger partial charge in [-0.15, -0.1) is 0 Å². The van der Waals surface area contributed by atoms with E-state index in [4.69, 9.17) is 9.97 Å². The van der Waals surface area contributed by atoms with Crippen molar-refractivity contribution in [2.24, 2.45) is 7.05 Å². The van der Waals surface area contributed by atoms with Crippen LogP contribution in [0.25, 0.3) is 0 Å². The number of imidazole rings is 1. The highest BCUT2D eigenvalue weighted by Gasteiger charge is 2.33. The summed E-state index contributed by atoms with van der Waals surface area (Å²) < 4.78 is 2.38. The third kappa shape index (κ3) is 2.33. The van der Waals surface area contributed by atoms with Crippen molar-refractivity contribution in [3.8, 4) is 0 Å². The minimum absolute atomic E-state index is 0.363. The molecule has 5 nitrogen and oxygen atoms in total. The Hall–Kier alpha value is -1.91. The first-order chi connectivity index (χ1) is 11.8. The van der Waals surface area contributed by atoms with Crippen molar-refractivity contribution in [2.75, 3.05) is 11.4 Å². The van der Waals surface area contributed by atoms with E-state index in [1.165, 1.54) is 62.2 Å². The van der Waals surface area contributed by atoms with Gasteiger partial charge in [0.1, 0.15) is 17.5 Å². The Labute approximate surface area is 143 Å². The van der Waals surface area contributed by atoms with Gasteiger partial charge < -0.3 is 9.47 Å². The van der Waals surface area contributed by atoms with Crippen molar-refractivity contribution < 1.29 is 0 Å². The minimum Gasteiger partial charge on any atom is -0.346 e. The van der Waals surface area contributed by atoms with Crippen LogP contribution in [0.15, 0.2) is 12.3 Å². The SMILES string of the molecule is Cn1c(C2CCCN2c2ccnc(C3CC3)n2)nc2c1CCCC2. The summed E-state index contributed by atoms with van der Waals surface area (Å²) >= 11 is 0. The standard InChI is InChI=1S/C19H25N5/c1-23-15-6-3-2-5-14(15)21-19(23)16-7-4-12-24(16)17-10-11-20-18(22-17)13-8-9-13/h10-11,13,16H,2-9,12H2,1H3. The van der Waals surface area contributed by atoms with Gasteiger partial charge in [0.05, 0.1) is 11.7 Å². The third-order valence-corrected chi connectivity index (χ3v) is 5.86. The van der Waals surface area contributed by atoms with Gasteiger partial charge in [-0.3, -0.25) is 0 Å². The first-order valence-corrected chi connectivity index (χ1v) is 9.45. The van der Waals surface area contributed by atoms with Gasteiger partial charge in [-0.05, 0) is 57.4 Å². The van der Waals surface area contributed by atoms with Gasteiger partial charge in [0.15, 0.2) is 0 Å². The number of aromatic nitrogens is 4. The van der Waals surface area contributed by atoms with Gasteiger partial charge in [-0.2, -0.15) is 0 Å². The zero-order chi connectivity index (χ0) is 16.1. The summed E-state index contributed by atoms with van der Waals surface area (Å²) in [6, 6.07) is 2.44. The second kappa shape index (κ2) is 5.57. The lowest BCUT2D eigenvalue weighted by atomic mass is 10.0. The van der Waals surface area contributed by atoms with Crippen molar-refractivity contribution in [3.63, 3.8) is 0 Å². The number of aryl methyl sites for hydroxylation is 1. The molecule has 1 atom stereocenters. The summed E-state index contributed by atoms with van der Waals surface area (Å²) in [5.41, 5.74) is 2.80. The minimum atomic E-state index is 0.363. The highest BCUT2D eigenvalue weighted by molar-refractivity contribution is 5.43. The van der Waals surface area contributed by atoms with Gasteiger partial charge >= 0.3 is 0 Å². The summed E-state index contributed by atoms with van der Waals surface area (Å²) in [6.45, 7) is 1.07. The van der Waals surface area contributed by atoms with E-state index in [-0.39, 0.29) is 0 Å². The average molecular weight is 323 g/mol. The Morgan fingerprint density at radius 2 is 1.92 bits per heavy atom. The van der Waals surface area contributed by atoms with Crippen molar-refractivity contribution >= 4 is 5.82 Å². The van der Waals surface area contributed by atoms with E-state index in [0.29, 0.717) is 12.0 Å². The van der Waals surface area contributed by atoms with Crippen LogP contribution < -0.4 is 4.90 Å². The summed E-state index contributed by atoms with van der Waals surface area (Å²) in [6.07, 6.45) is 11.7. The quantitative estimate of drug-likeness (QED) is 0.869. The molecular weight excluding hydrogens is 298 g/mol. The highest BCUT2D eigenvalue weighted by atomic mass is 15.3. The van der Waals surface area contributed by atoms with E-state index in [2.05, 4.69) is 27.6 Å². The van der Waals surface area contributed by atoms with Crippen molar-refractivity contribution in [3.05, 3.63) is 35.3 Å². The molecule has 5 rings (SSSR count). The van der Waals surface area contributed by atoms with Gasteiger partial charge in [0.25, 0.3) is 0 Å². The second-order valence-electron chi connectivity index (χ2n) is 7.53. The van der Waals surface area contributed by atoms with Crippen molar-refractivity contribution in [2.45, 2.75) is 63.3 Å². The van der Waals surface area contributed by atoms with Gasteiger partial charge in [-0.1, -0.05) is 0 Å². The molecule has 1 unspecified atom stereocenters. The van der Waals surface area contributed by atoms with Gasteiger partial charge in [0.2, 0.25) is 0 Å². The molecule has 0 radical (unpaired) electrons. The summed E-state index contributed by atoms with van der Waals surface area (Å²) in [5, 5.41) is 0. The number of hydrogen-bond acceptors (Lipinski definition) is 4. The summed E-state index contributed by atoms with van der Waals surface area (Å²) in [5.74, 6) is 3.98. The Kier molecular flexibility index (Phi) is 3.35. The lowest BCUT2D eigenvalue weighted by molar-refractivity contribution is 0.606. The zero-order valence-corrected chi connectivity index (χ0v) is 14.4. The van der Waals surface area contributed by atoms with E-state index in [1.54, 1.807) is 0 Å². The second-order valence-corrected chi connectivity index (χ2v) is 7.53. The Morgan fingerprint density at radius 3 is 2.75 bits per heavy atom. The fraction of sp³-hybridized carbons (Fsp3) is 0.632. The van der Waals surface area contributed by atoms with E-state index >= 15 is 0 Å². The first kappa shape index (κ1) is 14.4. The van der Waals surface area contributed by atoms with Crippen LogP contribution in [-0.2, 0) is 19.9 Å². The molecule has 2 fully saturated rings. The molecule has 3 aliphatic rings. The van der Waals surface area contributed by atoms with Crippen LogP contribution >= 0.6 is 0 Å². The molecule has 0 N–H and O–H groups in total. The zero-order valence-electron chi connectivity index (χ0n) is 14.4. The van der Waals surface area contributed by atoms with Gasteiger partial charge in [-0.25, -0.2) is 15.0 Å². The lowest BCUT2D eigenvalue weighted by Crippen LogP contribution is -2.26. The summed E-state index contributed by atoms with van der Waals surface area (Å²) in [7, 11) is 2.21. The topological polar surface area (TPSA) is 46.8 Å². The molecule has 5 heteroatoms. The van der Waals surface area contributed by atoms with Crippen LogP contribution in [0.5, 0.6) is 0 Å². The number of rotatable bonds is 3. The Morgan fingerprint density at radius 1 is 1.04 bits per heavy atom. The van der Waals surface area contributed by atoms with Crippen LogP contribution in [0.2, 0.25) is 0 Å². The maximum atomic E-state index is 5.06. The van der Waals surface area contributed by atoms with Crippen LogP contribution in [0.4, 0.5) is 5.82 Å². The molecule has 0 amide bonds. The number of nitrogens with zero attached hydrogens (tertiary/aromatic N) is 5. The molecular formula is C19H25N5. The number of hydrogen-bond donors (Lipinski definition) is 0. The smallest absolute Gasteiger partial charge is 0.133 e. The van der Waals surface area contributed by atoms with E-state index < -0.39 is 0 Å². The van der Waals surface area contributed by atoms with Crippen LogP contribution in [0.3, 0.4) is 0 Å². The molecule has 0 bridgehead atoms. The van der Waals surface area contributed by atoms with Crippen molar-refractivity contribution in [1.82, 2.24) is 19.5 Å². The first-order valence-electron chi connectivity index (χ1n) is 9.45. The molecule has 0 aromatic carbocycles. The maximum Gasteiger partial charge on any atom is 0.133 e. The van der Waals surface area contributed by atoms with Crippen LogP contribution in [0.1, 0.15) is 73.5 Å². The molecule has 3 heterocycles. The van der Waals surface area contributed by atoms with Crippen molar-refractivity contribution in [1.29, 1.82) is 0 Å².